The molecule has 1 heterocycles. The third kappa shape index (κ3) is 3.48. The molecule has 2 aromatic carbocycles. The number of hydrogen-bond donors (Lipinski definition) is 1. The number of hydrogen-bond acceptors (Lipinski definition) is 3. The Morgan fingerprint density at radius 2 is 2.13 bits per heavy atom. The molecule has 1 aliphatic heterocycles. The molecule has 3 rings (SSSR count). The number of carbonyl (C=O) groups is 1. The number of ether oxygens (including phenoxy) is 1. The van der Waals surface area contributed by atoms with E-state index in [-0.39, 0.29) is 5.92 Å². The smallest absolute Gasteiger partial charge is 0.307 e. The summed E-state index contributed by atoms with van der Waals surface area (Å²) in [5.74, 6) is -0.0319. The summed E-state index contributed by atoms with van der Waals surface area (Å²) in [6.45, 7) is 4.91. The maximum Gasteiger partial charge on any atom is 0.307 e. The number of carboxylic acid groups (broad SMARTS) is 1. The molecular formula is C19H23NO3. The van der Waals surface area contributed by atoms with E-state index >= 15 is 0 Å². The van der Waals surface area contributed by atoms with Gasteiger partial charge in [0.2, 0.25) is 0 Å². The fourth-order valence-electron chi connectivity index (χ4n) is 3.39. The number of rotatable bonds is 5. The minimum Gasteiger partial charge on any atom is -0.494 e. The van der Waals surface area contributed by atoms with E-state index in [0.717, 1.165) is 37.2 Å². The molecule has 0 aliphatic carbocycles. The van der Waals surface area contributed by atoms with Gasteiger partial charge in [-0.05, 0) is 43.1 Å². The van der Waals surface area contributed by atoms with Gasteiger partial charge in [-0.25, -0.2) is 0 Å². The van der Waals surface area contributed by atoms with Gasteiger partial charge >= 0.3 is 5.97 Å². The maximum atomic E-state index is 11.3. The summed E-state index contributed by atoms with van der Waals surface area (Å²) in [6.07, 6.45) is 1.71. The molecule has 4 nitrogen and oxygen atoms in total. The Morgan fingerprint density at radius 3 is 2.91 bits per heavy atom. The van der Waals surface area contributed by atoms with Crippen LogP contribution in [0, 0.1) is 5.92 Å². The first-order chi connectivity index (χ1) is 11.2. The Labute approximate surface area is 136 Å². The molecule has 1 saturated heterocycles. The van der Waals surface area contributed by atoms with Crippen molar-refractivity contribution in [1.29, 1.82) is 0 Å². The molecule has 23 heavy (non-hydrogen) atoms. The lowest BCUT2D eigenvalue weighted by atomic mass is 9.96. The Balaban J connectivity index is 1.91. The van der Waals surface area contributed by atoms with E-state index in [1.807, 2.05) is 25.1 Å². The summed E-state index contributed by atoms with van der Waals surface area (Å²) in [7, 11) is 0. The van der Waals surface area contributed by atoms with Crippen LogP contribution in [0.3, 0.4) is 0 Å². The van der Waals surface area contributed by atoms with Gasteiger partial charge in [0.1, 0.15) is 5.75 Å². The third-order valence-corrected chi connectivity index (χ3v) is 4.53. The summed E-state index contributed by atoms with van der Waals surface area (Å²) < 4.78 is 5.82. The summed E-state index contributed by atoms with van der Waals surface area (Å²) >= 11 is 0. The lowest BCUT2D eigenvalue weighted by Crippen LogP contribution is -2.38. The predicted octanol–water partition coefficient (Wildman–Crippen LogP) is 3.54. The Bertz CT molecular complexity index is 698. The summed E-state index contributed by atoms with van der Waals surface area (Å²) in [5, 5.41) is 11.7. The van der Waals surface area contributed by atoms with Crippen molar-refractivity contribution in [3.05, 3.63) is 42.0 Å². The van der Waals surface area contributed by atoms with Crippen LogP contribution in [0.2, 0.25) is 0 Å². The average molecular weight is 313 g/mol. The summed E-state index contributed by atoms with van der Waals surface area (Å²) in [5.41, 5.74) is 1.16. The predicted molar refractivity (Wildman–Crippen MR) is 90.8 cm³/mol. The first kappa shape index (κ1) is 15.8. The van der Waals surface area contributed by atoms with Crippen LogP contribution < -0.4 is 4.74 Å². The van der Waals surface area contributed by atoms with Crippen molar-refractivity contribution in [1.82, 2.24) is 4.90 Å². The topological polar surface area (TPSA) is 49.8 Å². The summed E-state index contributed by atoms with van der Waals surface area (Å²) in [4.78, 5) is 13.5. The number of aliphatic carboxylic acids is 1. The largest absolute Gasteiger partial charge is 0.494 e. The number of fused-ring (bicyclic) bond motifs is 1. The Morgan fingerprint density at radius 1 is 1.30 bits per heavy atom. The summed E-state index contributed by atoms with van der Waals surface area (Å²) in [6, 6.07) is 12.4. The lowest BCUT2D eigenvalue weighted by Gasteiger charge is -2.31. The highest BCUT2D eigenvalue weighted by molar-refractivity contribution is 5.87. The number of carboxylic acids is 1. The number of piperidine rings is 1. The van der Waals surface area contributed by atoms with Gasteiger partial charge in [-0.2, -0.15) is 0 Å². The van der Waals surface area contributed by atoms with Gasteiger partial charge in [-0.1, -0.05) is 30.3 Å². The SMILES string of the molecule is CCOc1ccc2ccccc2c1CN1CCCC(C(=O)O)C1. The first-order valence-electron chi connectivity index (χ1n) is 8.27. The van der Waals surface area contributed by atoms with E-state index in [4.69, 9.17) is 4.74 Å². The van der Waals surface area contributed by atoms with Gasteiger partial charge in [0.15, 0.2) is 0 Å². The molecule has 0 saturated carbocycles. The van der Waals surface area contributed by atoms with Crippen LogP contribution in [0.5, 0.6) is 5.75 Å². The Kier molecular flexibility index (Phi) is 4.82. The van der Waals surface area contributed by atoms with E-state index in [0.29, 0.717) is 13.2 Å². The van der Waals surface area contributed by atoms with Crippen LogP contribution in [0.4, 0.5) is 0 Å². The molecule has 122 valence electrons. The fraction of sp³-hybridized carbons (Fsp3) is 0.421. The van der Waals surface area contributed by atoms with E-state index in [1.54, 1.807) is 0 Å². The van der Waals surface area contributed by atoms with Crippen LogP contribution in [0.15, 0.2) is 36.4 Å². The van der Waals surface area contributed by atoms with Gasteiger partial charge in [0.05, 0.1) is 12.5 Å². The van der Waals surface area contributed by atoms with Crippen LogP contribution in [0.1, 0.15) is 25.3 Å². The molecule has 2 aromatic rings. The highest BCUT2D eigenvalue weighted by Gasteiger charge is 2.26. The molecule has 1 N–H and O–H groups in total. The zero-order valence-corrected chi connectivity index (χ0v) is 13.5. The van der Waals surface area contributed by atoms with Crippen molar-refractivity contribution in [2.75, 3.05) is 19.7 Å². The zero-order chi connectivity index (χ0) is 16.2. The highest BCUT2D eigenvalue weighted by Crippen LogP contribution is 2.30. The molecule has 0 amide bonds. The van der Waals surface area contributed by atoms with E-state index < -0.39 is 5.97 Å². The Hall–Kier alpha value is -2.07. The van der Waals surface area contributed by atoms with Crippen molar-refractivity contribution < 1.29 is 14.6 Å². The minimum atomic E-state index is -0.683. The van der Waals surface area contributed by atoms with Gasteiger partial charge in [0, 0.05) is 18.7 Å². The average Bonchev–Trinajstić information content (AvgIpc) is 2.57. The number of likely N-dealkylation sites (tertiary alicyclic amines) is 1. The van der Waals surface area contributed by atoms with E-state index in [1.165, 1.54) is 10.8 Å². The fourth-order valence-corrected chi connectivity index (χ4v) is 3.39. The van der Waals surface area contributed by atoms with Crippen molar-refractivity contribution in [3.8, 4) is 5.75 Å². The molecule has 0 aromatic heterocycles. The van der Waals surface area contributed by atoms with Crippen molar-refractivity contribution in [3.63, 3.8) is 0 Å². The standard InChI is InChI=1S/C19H23NO3/c1-2-23-18-10-9-14-6-3-4-8-16(14)17(18)13-20-11-5-7-15(12-20)19(21)22/h3-4,6,8-10,15H,2,5,7,11-13H2,1H3,(H,21,22). The van der Waals surface area contributed by atoms with Crippen LogP contribution in [-0.2, 0) is 11.3 Å². The molecule has 0 spiro atoms. The molecular weight excluding hydrogens is 290 g/mol. The molecule has 0 bridgehead atoms. The molecule has 1 unspecified atom stereocenters. The molecule has 0 radical (unpaired) electrons. The minimum absolute atomic E-state index is 0.255. The second kappa shape index (κ2) is 7.01. The van der Waals surface area contributed by atoms with Crippen molar-refractivity contribution in [2.24, 2.45) is 5.92 Å². The van der Waals surface area contributed by atoms with Crippen molar-refractivity contribution >= 4 is 16.7 Å². The third-order valence-electron chi connectivity index (χ3n) is 4.53. The maximum absolute atomic E-state index is 11.3. The quantitative estimate of drug-likeness (QED) is 0.917. The number of benzene rings is 2. The molecule has 1 fully saturated rings. The van der Waals surface area contributed by atoms with E-state index in [9.17, 15) is 9.90 Å². The molecule has 1 atom stereocenters. The van der Waals surface area contributed by atoms with Gasteiger partial charge in [-0.3, -0.25) is 9.69 Å². The normalized spacial score (nSPS) is 18.9. The van der Waals surface area contributed by atoms with E-state index in [2.05, 4.69) is 23.1 Å². The van der Waals surface area contributed by atoms with Crippen LogP contribution in [-0.4, -0.2) is 35.7 Å². The first-order valence-corrected chi connectivity index (χ1v) is 8.27. The van der Waals surface area contributed by atoms with Gasteiger partial charge in [0.25, 0.3) is 0 Å². The second-order valence-electron chi connectivity index (χ2n) is 6.11. The van der Waals surface area contributed by atoms with Gasteiger partial charge in [-0.15, -0.1) is 0 Å². The monoisotopic (exact) mass is 313 g/mol. The van der Waals surface area contributed by atoms with Crippen molar-refractivity contribution in [2.45, 2.75) is 26.3 Å². The number of nitrogens with zero attached hydrogens (tertiary/aromatic N) is 1. The highest BCUT2D eigenvalue weighted by atomic mass is 16.5. The second-order valence-corrected chi connectivity index (χ2v) is 6.11. The molecule has 4 heteroatoms. The van der Waals surface area contributed by atoms with Crippen LogP contribution in [0.25, 0.3) is 10.8 Å². The zero-order valence-electron chi connectivity index (χ0n) is 13.5. The molecule has 1 aliphatic rings. The van der Waals surface area contributed by atoms with Gasteiger partial charge < -0.3 is 9.84 Å². The van der Waals surface area contributed by atoms with Crippen LogP contribution >= 0.6 is 0 Å². The lowest BCUT2D eigenvalue weighted by molar-refractivity contribution is -0.143.